The van der Waals surface area contributed by atoms with Gasteiger partial charge in [-0.15, -0.1) is 11.6 Å². The Morgan fingerprint density at radius 2 is 2.45 bits per heavy atom. The Bertz CT molecular complexity index is 183. The second kappa shape index (κ2) is 3.57. The number of carbonyl (C=O) groups is 2. The van der Waals surface area contributed by atoms with Crippen molar-refractivity contribution in [3.63, 3.8) is 0 Å². The molecule has 5 heteroatoms. The number of alkyl halides is 1. The third-order valence-electron chi connectivity index (χ3n) is 1.51. The molecule has 4 nitrogen and oxygen atoms in total. The van der Waals surface area contributed by atoms with Crippen LogP contribution in [-0.4, -0.2) is 42.2 Å². The zero-order valence-electron chi connectivity index (χ0n) is 5.97. The molecule has 11 heavy (non-hydrogen) atoms. The van der Waals surface area contributed by atoms with Crippen LogP contribution in [0.4, 0.5) is 0 Å². The summed E-state index contributed by atoms with van der Waals surface area (Å²) in [6, 6.07) is 0. The van der Waals surface area contributed by atoms with Gasteiger partial charge in [0, 0.05) is 13.1 Å². The van der Waals surface area contributed by atoms with E-state index in [4.69, 9.17) is 11.6 Å². The zero-order chi connectivity index (χ0) is 8.27. The summed E-state index contributed by atoms with van der Waals surface area (Å²) in [6.07, 6.45) is 0. The molecule has 0 spiro atoms. The quantitative estimate of drug-likeness (QED) is 0.531. The first-order chi connectivity index (χ1) is 5.24. The highest BCUT2D eigenvalue weighted by Crippen LogP contribution is 1.95. The van der Waals surface area contributed by atoms with Crippen molar-refractivity contribution < 1.29 is 9.59 Å². The van der Waals surface area contributed by atoms with E-state index in [-0.39, 0.29) is 24.2 Å². The molecule has 62 valence electrons. The Kier molecular flexibility index (Phi) is 2.70. The molecule has 0 aliphatic carbocycles. The number of piperazine rings is 1. The Morgan fingerprint density at radius 1 is 1.73 bits per heavy atom. The second-order valence-corrected chi connectivity index (χ2v) is 2.57. The summed E-state index contributed by atoms with van der Waals surface area (Å²) in [4.78, 5) is 23.1. The summed E-state index contributed by atoms with van der Waals surface area (Å²) in [5.41, 5.74) is 0. The molecule has 0 bridgehead atoms. The first-order valence-electron chi connectivity index (χ1n) is 3.34. The maximum absolute atomic E-state index is 10.9. The van der Waals surface area contributed by atoms with Gasteiger partial charge in [-0.1, -0.05) is 0 Å². The van der Waals surface area contributed by atoms with E-state index >= 15 is 0 Å². The molecule has 1 aliphatic rings. The predicted octanol–water partition coefficient (Wildman–Crippen LogP) is -0.816. The molecule has 0 atom stereocenters. The molecule has 0 unspecified atom stereocenters. The van der Waals surface area contributed by atoms with E-state index in [0.717, 1.165) is 0 Å². The van der Waals surface area contributed by atoms with Gasteiger partial charge in [0.2, 0.25) is 11.8 Å². The van der Waals surface area contributed by atoms with Crippen LogP contribution in [0.1, 0.15) is 0 Å². The SMILES string of the molecule is O=C1CN(C(=O)CCl)CCN1. The van der Waals surface area contributed by atoms with E-state index in [2.05, 4.69) is 5.32 Å². The molecule has 0 aromatic rings. The normalized spacial score (nSPS) is 17.9. The molecule has 1 saturated heterocycles. The summed E-state index contributed by atoms with van der Waals surface area (Å²) < 4.78 is 0. The monoisotopic (exact) mass is 176 g/mol. The van der Waals surface area contributed by atoms with Crippen molar-refractivity contribution in [3.05, 3.63) is 0 Å². The summed E-state index contributed by atoms with van der Waals surface area (Å²) in [7, 11) is 0. The third-order valence-corrected chi connectivity index (χ3v) is 1.73. The van der Waals surface area contributed by atoms with Crippen molar-refractivity contribution in [2.75, 3.05) is 25.5 Å². The van der Waals surface area contributed by atoms with Crippen LogP contribution < -0.4 is 5.32 Å². The van der Waals surface area contributed by atoms with Crippen LogP contribution in [0.3, 0.4) is 0 Å². The van der Waals surface area contributed by atoms with Gasteiger partial charge in [-0.3, -0.25) is 9.59 Å². The number of amides is 2. The van der Waals surface area contributed by atoms with E-state index in [1.807, 2.05) is 0 Å². The smallest absolute Gasteiger partial charge is 0.239 e. The molecule has 2 amide bonds. The number of hydrogen-bond donors (Lipinski definition) is 1. The fourth-order valence-corrected chi connectivity index (χ4v) is 1.11. The largest absolute Gasteiger partial charge is 0.353 e. The maximum atomic E-state index is 10.9. The van der Waals surface area contributed by atoms with Gasteiger partial charge in [-0.25, -0.2) is 0 Å². The van der Waals surface area contributed by atoms with Crippen molar-refractivity contribution in [3.8, 4) is 0 Å². The van der Waals surface area contributed by atoms with Crippen LogP contribution in [0.2, 0.25) is 0 Å². The summed E-state index contributed by atoms with van der Waals surface area (Å²) in [5, 5.41) is 2.62. The van der Waals surface area contributed by atoms with Crippen molar-refractivity contribution in [2.45, 2.75) is 0 Å². The molecule has 1 rings (SSSR count). The highest BCUT2D eigenvalue weighted by molar-refractivity contribution is 6.27. The molecular weight excluding hydrogens is 168 g/mol. The lowest BCUT2D eigenvalue weighted by atomic mass is 10.3. The van der Waals surface area contributed by atoms with Crippen LogP contribution in [0.15, 0.2) is 0 Å². The van der Waals surface area contributed by atoms with Gasteiger partial charge in [0.25, 0.3) is 0 Å². The first-order valence-corrected chi connectivity index (χ1v) is 3.88. The van der Waals surface area contributed by atoms with Crippen molar-refractivity contribution in [2.24, 2.45) is 0 Å². The molecular formula is C6H9ClN2O2. The predicted molar refractivity (Wildman–Crippen MR) is 40.3 cm³/mol. The van der Waals surface area contributed by atoms with Crippen LogP contribution in [0.5, 0.6) is 0 Å². The minimum absolute atomic E-state index is 0.0483. The van der Waals surface area contributed by atoms with E-state index in [0.29, 0.717) is 13.1 Å². The van der Waals surface area contributed by atoms with E-state index in [1.54, 1.807) is 0 Å². The van der Waals surface area contributed by atoms with E-state index in [9.17, 15) is 9.59 Å². The van der Waals surface area contributed by atoms with Crippen LogP contribution in [0, 0.1) is 0 Å². The molecule has 0 aromatic carbocycles. The van der Waals surface area contributed by atoms with Gasteiger partial charge in [0.05, 0.1) is 6.54 Å². The van der Waals surface area contributed by atoms with E-state index < -0.39 is 0 Å². The van der Waals surface area contributed by atoms with Gasteiger partial charge in [0.1, 0.15) is 5.88 Å². The molecule has 1 heterocycles. The van der Waals surface area contributed by atoms with Crippen LogP contribution in [-0.2, 0) is 9.59 Å². The molecule has 1 N–H and O–H groups in total. The molecule has 1 fully saturated rings. The van der Waals surface area contributed by atoms with Gasteiger partial charge in [-0.05, 0) is 0 Å². The molecule has 0 saturated carbocycles. The molecule has 1 aliphatic heterocycles. The lowest BCUT2D eigenvalue weighted by Gasteiger charge is -2.25. The second-order valence-electron chi connectivity index (χ2n) is 2.30. The van der Waals surface area contributed by atoms with Crippen LogP contribution in [0.25, 0.3) is 0 Å². The van der Waals surface area contributed by atoms with Crippen molar-refractivity contribution in [1.29, 1.82) is 0 Å². The minimum atomic E-state index is -0.179. The number of rotatable bonds is 1. The summed E-state index contributed by atoms with van der Waals surface area (Å²) >= 11 is 5.31. The average molecular weight is 177 g/mol. The number of halogens is 1. The van der Waals surface area contributed by atoms with Crippen molar-refractivity contribution >= 4 is 23.4 Å². The van der Waals surface area contributed by atoms with E-state index in [1.165, 1.54) is 4.90 Å². The highest BCUT2D eigenvalue weighted by atomic mass is 35.5. The zero-order valence-corrected chi connectivity index (χ0v) is 6.73. The van der Waals surface area contributed by atoms with Gasteiger partial charge in [0.15, 0.2) is 0 Å². The average Bonchev–Trinajstić information content (AvgIpc) is 2.03. The van der Waals surface area contributed by atoms with Gasteiger partial charge < -0.3 is 10.2 Å². The molecule has 0 aromatic heterocycles. The number of hydrogen-bond acceptors (Lipinski definition) is 2. The molecule has 0 radical (unpaired) electrons. The Balaban J connectivity index is 2.45. The summed E-state index contributed by atoms with van der Waals surface area (Å²) in [5.74, 6) is -0.343. The third kappa shape index (κ3) is 2.08. The fourth-order valence-electron chi connectivity index (χ4n) is 0.936. The Labute approximate surface area is 69.5 Å². The summed E-state index contributed by atoms with van der Waals surface area (Å²) in [6.45, 7) is 1.24. The first kappa shape index (κ1) is 8.33. The fraction of sp³-hybridized carbons (Fsp3) is 0.667. The topological polar surface area (TPSA) is 49.4 Å². The Hall–Kier alpha value is -0.770. The number of nitrogens with one attached hydrogen (secondary N) is 1. The maximum Gasteiger partial charge on any atom is 0.239 e. The van der Waals surface area contributed by atoms with Crippen LogP contribution >= 0.6 is 11.6 Å². The highest BCUT2D eigenvalue weighted by Gasteiger charge is 2.19. The lowest BCUT2D eigenvalue weighted by Crippen LogP contribution is -2.50. The number of carbonyl (C=O) groups excluding carboxylic acids is 2. The Morgan fingerprint density at radius 3 is 3.00 bits per heavy atom. The minimum Gasteiger partial charge on any atom is -0.353 e. The van der Waals surface area contributed by atoms with Gasteiger partial charge in [-0.2, -0.15) is 0 Å². The number of nitrogens with zero attached hydrogens (tertiary/aromatic N) is 1. The standard InChI is InChI=1S/C6H9ClN2O2/c7-3-6(11)9-2-1-8-5(10)4-9/h1-4H2,(H,8,10). The lowest BCUT2D eigenvalue weighted by molar-refractivity contribution is -0.136. The van der Waals surface area contributed by atoms with Crippen molar-refractivity contribution in [1.82, 2.24) is 10.2 Å². The van der Waals surface area contributed by atoms with Gasteiger partial charge >= 0.3 is 0 Å².